The van der Waals surface area contributed by atoms with E-state index in [9.17, 15) is 0 Å². The van der Waals surface area contributed by atoms with E-state index in [4.69, 9.17) is 0 Å². The van der Waals surface area contributed by atoms with Crippen LogP contribution in [0, 0.1) is 5.92 Å². The molecule has 0 atom stereocenters. The molecule has 1 radical (unpaired) electrons. The van der Waals surface area contributed by atoms with Gasteiger partial charge >= 0.3 is 0 Å². The highest BCUT2D eigenvalue weighted by Crippen LogP contribution is 1.99. The van der Waals surface area contributed by atoms with Crippen molar-refractivity contribution in [3.05, 3.63) is 30.2 Å². The summed E-state index contributed by atoms with van der Waals surface area (Å²) in [6, 6.07) is 0. The molecular weight excluding hydrogens is 120 g/mol. The van der Waals surface area contributed by atoms with Crippen molar-refractivity contribution in [2.24, 2.45) is 0 Å². The first-order chi connectivity index (χ1) is 4.77. The molecule has 0 aliphatic heterocycles. The third-order valence-corrected chi connectivity index (χ3v) is 1.19. The van der Waals surface area contributed by atoms with Gasteiger partial charge in [-0.3, -0.25) is 0 Å². The van der Waals surface area contributed by atoms with Crippen molar-refractivity contribution in [1.29, 1.82) is 0 Å². The summed E-state index contributed by atoms with van der Waals surface area (Å²) in [5.41, 5.74) is 0. The van der Waals surface area contributed by atoms with Gasteiger partial charge in [0.05, 0.1) is 0 Å². The Morgan fingerprint density at radius 1 is 1.10 bits per heavy atom. The first-order valence-electron chi connectivity index (χ1n) is 3.85. The topological polar surface area (TPSA) is 0 Å². The van der Waals surface area contributed by atoms with Gasteiger partial charge in [-0.2, -0.15) is 0 Å². The molecule has 0 heteroatoms. The van der Waals surface area contributed by atoms with Crippen molar-refractivity contribution < 1.29 is 0 Å². The fraction of sp³-hybridized carbons (Fsp3) is 0.500. The van der Waals surface area contributed by atoms with E-state index >= 15 is 0 Å². The molecule has 0 N–H and O–H groups in total. The SMILES string of the molecule is CC=CCCC=C[C](C)C. The maximum atomic E-state index is 2.22. The van der Waals surface area contributed by atoms with Gasteiger partial charge in [0.15, 0.2) is 0 Å². The molecule has 0 aromatic carbocycles. The molecule has 0 heterocycles. The molecule has 0 aliphatic carbocycles. The summed E-state index contributed by atoms with van der Waals surface area (Å²) in [5, 5.41) is 0. The Morgan fingerprint density at radius 2 is 1.70 bits per heavy atom. The number of rotatable bonds is 4. The monoisotopic (exact) mass is 137 g/mol. The Bertz CT molecular complexity index is 107. The molecule has 0 fully saturated rings. The van der Waals surface area contributed by atoms with E-state index in [0.717, 1.165) is 6.42 Å². The van der Waals surface area contributed by atoms with Gasteiger partial charge in [-0.05, 0) is 25.7 Å². The van der Waals surface area contributed by atoms with Crippen LogP contribution in [0.3, 0.4) is 0 Å². The highest BCUT2D eigenvalue weighted by Gasteiger charge is 1.82. The van der Waals surface area contributed by atoms with Crippen molar-refractivity contribution >= 4 is 0 Å². The van der Waals surface area contributed by atoms with E-state index in [1.54, 1.807) is 0 Å². The van der Waals surface area contributed by atoms with Crippen LogP contribution in [0.5, 0.6) is 0 Å². The van der Waals surface area contributed by atoms with Gasteiger partial charge in [0.25, 0.3) is 0 Å². The van der Waals surface area contributed by atoms with Gasteiger partial charge in [-0.1, -0.05) is 38.2 Å². The number of unbranched alkanes of at least 4 members (excludes halogenated alkanes) is 1. The predicted molar refractivity (Wildman–Crippen MR) is 47.8 cm³/mol. The van der Waals surface area contributed by atoms with Crippen LogP contribution >= 0.6 is 0 Å². The molecule has 0 bridgehead atoms. The van der Waals surface area contributed by atoms with E-state index in [-0.39, 0.29) is 0 Å². The van der Waals surface area contributed by atoms with Crippen LogP contribution in [0.1, 0.15) is 33.6 Å². The molecule has 0 aromatic rings. The van der Waals surface area contributed by atoms with Gasteiger partial charge in [0.2, 0.25) is 0 Å². The Kier molecular flexibility index (Phi) is 6.25. The van der Waals surface area contributed by atoms with E-state index in [2.05, 4.69) is 45.1 Å². The van der Waals surface area contributed by atoms with E-state index in [1.165, 1.54) is 12.3 Å². The van der Waals surface area contributed by atoms with Crippen LogP contribution in [0.4, 0.5) is 0 Å². The molecule has 0 nitrogen and oxygen atoms in total. The average molecular weight is 137 g/mol. The number of hydrogen-bond donors (Lipinski definition) is 0. The summed E-state index contributed by atoms with van der Waals surface area (Å²) in [5.74, 6) is 1.38. The first kappa shape index (κ1) is 9.48. The van der Waals surface area contributed by atoms with Crippen LogP contribution in [0.25, 0.3) is 0 Å². The van der Waals surface area contributed by atoms with Crippen molar-refractivity contribution in [1.82, 2.24) is 0 Å². The zero-order valence-electron chi connectivity index (χ0n) is 7.22. The van der Waals surface area contributed by atoms with Gasteiger partial charge in [-0.15, -0.1) is 0 Å². The maximum absolute atomic E-state index is 2.22. The van der Waals surface area contributed by atoms with Crippen LogP contribution < -0.4 is 0 Å². The van der Waals surface area contributed by atoms with Crippen molar-refractivity contribution in [3.8, 4) is 0 Å². The molecular formula is C10H17. The highest BCUT2D eigenvalue weighted by atomic mass is 13.9. The smallest absolute Gasteiger partial charge is 0.00892 e. The fourth-order valence-corrected chi connectivity index (χ4v) is 0.678. The van der Waals surface area contributed by atoms with Crippen molar-refractivity contribution in [3.63, 3.8) is 0 Å². The minimum absolute atomic E-state index is 1.16. The quantitative estimate of drug-likeness (QED) is 0.411. The molecule has 57 valence electrons. The fourth-order valence-electron chi connectivity index (χ4n) is 0.678. The molecule has 0 saturated carbocycles. The summed E-state index contributed by atoms with van der Waals surface area (Å²) >= 11 is 0. The third-order valence-electron chi connectivity index (χ3n) is 1.19. The summed E-state index contributed by atoms with van der Waals surface area (Å²) < 4.78 is 0. The summed E-state index contributed by atoms with van der Waals surface area (Å²) in [7, 11) is 0. The third kappa shape index (κ3) is 7.48. The summed E-state index contributed by atoms with van der Waals surface area (Å²) in [6.07, 6.45) is 11.0. The minimum atomic E-state index is 1.16. The number of hydrogen-bond acceptors (Lipinski definition) is 0. The molecule has 0 unspecified atom stereocenters. The normalized spacial score (nSPS) is 12.4. The van der Waals surface area contributed by atoms with Gasteiger partial charge in [-0.25, -0.2) is 0 Å². The predicted octanol–water partition coefficient (Wildman–Crippen LogP) is 3.51. The Hall–Kier alpha value is -0.520. The second-order valence-corrected chi connectivity index (χ2v) is 2.63. The van der Waals surface area contributed by atoms with Crippen LogP contribution in [-0.2, 0) is 0 Å². The lowest BCUT2D eigenvalue weighted by Gasteiger charge is -1.90. The van der Waals surface area contributed by atoms with E-state index in [1.807, 2.05) is 0 Å². The van der Waals surface area contributed by atoms with Gasteiger partial charge in [0, 0.05) is 0 Å². The molecule has 0 rings (SSSR count). The molecule has 0 saturated heterocycles. The summed E-state index contributed by atoms with van der Waals surface area (Å²) in [4.78, 5) is 0. The van der Waals surface area contributed by atoms with Crippen molar-refractivity contribution in [2.45, 2.75) is 33.6 Å². The highest BCUT2D eigenvalue weighted by molar-refractivity contribution is 5.03. The van der Waals surface area contributed by atoms with Crippen molar-refractivity contribution in [2.75, 3.05) is 0 Å². The van der Waals surface area contributed by atoms with Crippen LogP contribution in [0.15, 0.2) is 24.3 Å². The second-order valence-electron chi connectivity index (χ2n) is 2.63. The molecule has 0 aliphatic rings. The van der Waals surface area contributed by atoms with Crippen LogP contribution in [0.2, 0.25) is 0 Å². The number of allylic oxidation sites excluding steroid dienone is 4. The second kappa shape index (κ2) is 6.60. The Labute approximate surface area is 64.6 Å². The standard InChI is InChI=1S/C10H17/c1-4-5-6-7-8-9-10(2)3/h4-5,8-9H,6-7H2,1-3H3. The average Bonchev–Trinajstić information content (AvgIpc) is 1.87. The van der Waals surface area contributed by atoms with Gasteiger partial charge in [0.1, 0.15) is 0 Å². The lowest BCUT2D eigenvalue weighted by Crippen LogP contribution is -1.73. The Morgan fingerprint density at radius 3 is 2.20 bits per heavy atom. The maximum Gasteiger partial charge on any atom is -0.00892 e. The summed E-state index contributed by atoms with van der Waals surface area (Å²) in [6.45, 7) is 6.29. The lowest BCUT2D eigenvalue weighted by atomic mass is 10.2. The molecule has 10 heavy (non-hydrogen) atoms. The first-order valence-corrected chi connectivity index (χ1v) is 3.85. The zero-order chi connectivity index (χ0) is 7.82. The largest absolute Gasteiger partial charge is 0.0917 e. The zero-order valence-corrected chi connectivity index (χ0v) is 7.22. The van der Waals surface area contributed by atoms with Crippen LogP contribution in [-0.4, -0.2) is 0 Å². The Balaban J connectivity index is 3.18. The van der Waals surface area contributed by atoms with E-state index < -0.39 is 0 Å². The van der Waals surface area contributed by atoms with Gasteiger partial charge < -0.3 is 0 Å². The molecule has 0 spiro atoms. The van der Waals surface area contributed by atoms with E-state index in [0.29, 0.717) is 0 Å². The minimum Gasteiger partial charge on any atom is -0.0917 e. The molecule has 0 amide bonds. The lowest BCUT2D eigenvalue weighted by molar-refractivity contribution is 1.04. The molecule has 0 aromatic heterocycles.